The summed E-state index contributed by atoms with van der Waals surface area (Å²) in [7, 11) is 0. The van der Waals surface area contributed by atoms with Crippen LogP contribution in [0.3, 0.4) is 0 Å². The third kappa shape index (κ3) is 7.31. The van der Waals surface area contributed by atoms with E-state index in [1.54, 1.807) is 44.7 Å². The zero-order valence-electron chi connectivity index (χ0n) is 19.0. The van der Waals surface area contributed by atoms with Crippen molar-refractivity contribution < 1.29 is 23.5 Å². The molecule has 2 aromatic rings. The Morgan fingerprint density at radius 1 is 1.23 bits per heavy atom. The summed E-state index contributed by atoms with van der Waals surface area (Å²) in [5.74, 6) is 0.368. The zero-order valence-corrected chi connectivity index (χ0v) is 19.8. The number of benzene rings is 1. The number of alkyl carbamates (subject to hydrolysis) is 1. The van der Waals surface area contributed by atoms with Gasteiger partial charge in [-0.15, -0.1) is 0 Å². The maximum Gasteiger partial charge on any atom is 0.408 e. The van der Waals surface area contributed by atoms with E-state index in [1.807, 2.05) is 20.1 Å². The van der Waals surface area contributed by atoms with Crippen LogP contribution in [0.1, 0.15) is 51.7 Å². The van der Waals surface area contributed by atoms with Gasteiger partial charge < -0.3 is 19.2 Å². The number of fused-ring (bicyclic) bond motifs is 1. The van der Waals surface area contributed by atoms with Crippen molar-refractivity contribution in [2.45, 2.75) is 65.5 Å². The predicted octanol–water partition coefficient (Wildman–Crippen LogP) is 4.61. The molecular weight excluding hydrogens is 418 g/mol. The third-order valence-corrected chi connectivity index (χ3v) is 4.99. The first-order chi connectivity index (χ1) is 14.5. The van der Waals surface area contributed by atoms with Crippen LogP contribution in [-0.2, 0) is 16.0 Å². The highest BCUT2D eigenvalue weighted by atomic mass is 32.2. The van der Waals surface area contributed by atoms with E-state index < -0.39 is 29.3 Å². The zero-order chi connectivity index (χ0) is 23.2. The number of ether oxygens (including phenoxy) is 2. The van der Waals surface area contributed by atoms with Crippen molar-refractivity contribution in [1.82, 2.24) is 5.32 Å². The number of esters is 1. The highest BCUT2D eigenvalue weighted by molar-refractivity contribution is 7.98. The molecule has 0 radical (unpaired) electrons. The number of thioether (sulfide) groups is 1. The van der Waals surface area contributed by atoms with Crippen LogP contribution >= 0.6 is 11.8 Å². The summed E-state index contributed by atoms with van der Waals surface area (Å²) in [5, 5.41) is 3.22. The summed E-state index contributed by atoms with van der Waals surface area (Å²) < 4.78 is 16.4. The number of nitrogens with one attached hydrogen (secondary N) is 1. The fourth-order valence-corrected chi connectivity index (χ4v) is 3.60. The van der Waals surface area contributed by atoms with Crippen molar-refractivity contribution in [2.24, 2.45) is 0 Å². The van der Waals surface area contributed by atoms with E-state index >= 15 is 0 Å². The Balaban J connectivity index is 2.37. The summed E-state index contributed by atoms with van der Waals surface area (Å²) in [4.78, 5) is 37.2. The summed E-state index contributed by atoms with van der Waals surface area (Å²) >= 11 is 1.56. The minimum atomic E-state index is -0.872. The monoisotopic (exact) mass is 449 g/mol. The van der Waals surface area contributed by atoms with E-state index in [2.05, 4.69) is 5.32 Å². The van der Waals surface area contributed by atoms with Crippen LogP contribution in [0.4, 0.5) is 4.79 Å². The number of amides is 1. The molecule has 8 heteroatoms. The first kappa shape index (κ1) is 24.8. The molecule has 1 aromatic heterocycles. The van der Waals surface area contributed by atoms with Crippen molar-refractivity contribution in [3.63, 3.8) is 0 Å². The first-order valence-corrected chi connectivity index (χ1v) is 11.7. The Hall–Kier alpha value is -2.48. The second-order valence-corrected chi connectivity index (χ2v) is 9.36. The number of hydrogen-bond donors (Lipinski definition) is 1. The van der Waals surface area contributed by atoms with Gasteiger partial charge in [-0.25, -0.2) is 14.4 Å². The third-order valence-electron chi connectivity index (χ3n) is 4.35. The van der Waals surface area contributed by atoms with Crippen LogP contribution < -0.4 is 15.7 Å². The molecule has 0 spiro atoms. The van der Waals surface area contributed by atoms with Crippen LogP contribution in [0.2, 0.25) is 0 Å². The van der Waals surface area contributed by atoms with Crippen molar-refractivity contribution in [3.8, 4) is 5.75 Å². The van der Waals surface area contributed by atoms with Crippen LogP contribution in [-0.4, -0.2) is 35.7 Å². The molecule has 0 unspecified atom stereocenters. The lowest BCUT2D eigenvalue weighted by Crippen LogP contribution is -2.45. The molecule has 31 heavy (non-hydrogen) atoms. The molecule has 2 rings (SSSR count). The van der Waals surface area contributed by atoms with Crippen LogP contribution in [0.5, 0.6) is 5.75 Å². The quantitative estimate of drug-likeness (QED) is 0.357. The fraction of sp³-hybridized carbons (Fsp3) is 0.522. The van der Waals surface area contributed by atoms with Gasteiger partial charge in [0.1, 0.15) is 23.0 Å². The normalized spacial score (nSPS) is 12.5. The molecule has 1 heterocycles. The predicted molar refractivity (Wildman–Crippen MR) is 123 cm³/mol. The van der Waals surface area contributed by atoms with Gasteiger partial charge in [0.05, 0.1) is 5.39 Å². The molecule has 7 nitrogen and oxygen atoms in total. The van der Waals surface area contributed by atoms with Gasteiger partial charge in [-0.1, -0.05) is 13.3 Å². The van der Waals surface area contributed by atoms with Crippen molar-refractivity contribution >= 4 is 34.8 Å². The van der Waals surface area contributed by atoms with Crippen LogP contribution in [0, 0.1) is 6.92 Å². The molecule has 1 N–H and O–H groups in total. The van der Waals surface area contributed by atoms with E-state index in [0.29, 0.717) is 35.3 Å². The smallest absolute Gasteiger partial charge is 0.408 e. The molecule has 0 aliphatic heterocycles. The van der Waals surface area contributed by atoms with Crippen LogP contribution in [0.15, 0.2) is 27.4 Å². The van der Waals surface area contributed by atoms with E-state index in [1.165, 1.54) is 6.07 Å². The molecule has 0 bridgehead atoms. The van der Waals surface area contributed by atoms with E-state index in [4.69, 9.17) is 13.9 Å². The molecule has 1 amide bonds. The first-order valence-electron chi connectivity index (χ1n) is 10.3. The lowest BCUT2D eigenvalue weighted by molar-refractivity contribution is -0.136. The Bertz CT molecular complexity index is 992. The van der Waals surface area contributed by atoms with Crippen molar-refractivity contribution in [1.29, 1.82) is 0 Å². The van der Waals surface area contributed by atoms with Gasteiger partial charge in [-0.05, 0) is 75.8 Å². The van der Waals surface area contributed by atoms with Gasteiger partial charge in [-0.2, -0.15) is 11.8 Å². The highest BCUT2D eigenvalue weighted by Crippen LogP contribution is 2.31. The molecule has 170 valence electrons. The highest BCUT2D eigenvalue weighted by Gasteiger charge is 2.27. The summed E-state index contributed by atoms with van der Waals surface area (Å²) in [6.45, 7) is 9.09. The molecule has 0 saturated carbocycles. The number of aryl methyl sites for hydroxylation is 2. The Labute approximate surface area is 186 Å². The lowest BCUT2D eigenvalue weighted by Gasteiger charge is -2.23. The van der Waals surface area contributed by atoms with Gasteiger partial charge >= 0.3 is 17.7 Å². The minimum absolute atomic E-state index is 0.312. The summed E-state index contributed by atoms with van der Waals surface area (Å²) in [5.41, 5.74) is 0.796. The van der Waals surface area contributed by atoms with Crippen molar-refractivity contribution in [2.75, 3.05) is 12.0 Å². The van der Waals surface area contributed by atoms with Gasteiger partial charge in [-0.3, -0.25) is 0 Å². The van der Waals surface area contributed by atoms with E-state index in [0.717, 1.165) is 17.5 Å². The molecule has 0 aliphatic carbocycles. The second kappa shape index (κ2) is 10.7. The largest absolute Gasteiger partial charge is 0.444 e. The number of carbonyl (C=O) groups is 2. The molecule has 1 atom stereocenters. The number of carbonyl (C=O) groups excluding carboxylic acids is 2. The molecule has 0 fully saturated rings. The average Bonchev–Trinajstić information content (AvgIpc) is 2.62. The molecule has 1 aromatic carbocycles. The molecular formula is C23H31NO6S. The maximum atomic E-state index is 13.0. The maximum absolute atomic E-state index is 13.0. The lowest BCUT2D eigenvalue weighted by atomic mass is 10.0. The second-order valence-electron chi connectivity index (χ2n) is 8.38. The summed E-state index contributed by atoms with van der Waals surface area (Å²) in [6, 6.07) is 4.04. The van der Waals surface area contributed by atoms with Gasteiger partial charge in [0, 0.05) is 6.07 Å². The van der Waals surface area contributed by atoms with Crippen LogP contribution in [0.25, 0.3) is 11.0 Å². The van der Waals surface area contributed by atoms with E-state index in [9.17, 15) is 14.4 Å². The SMILES string of the molecule is CCCc1cc(=O)oc2cc(C)cc(OC(=O)[C@H](CCSC)NC(=O)OC(C)(C)C)c12. The Kier molecular flexibility index (Phi) is 8.56. The molecule has 0 aliphatic rings. The molecule has 0 saturated heterocycles. The number of rotatable bonds is 8. The van der Waals surface area contributed by atoms with Gasteiger partial charge in [0.15, 0.2) is 0 Å². The summed E-state index contributed by atoms with van der Waals surface area (Å²) in [6.07, 6.45) is 3.09. The van der Waals surface area contributed by atoms with Crippen molar-refractivity contribution in [3.05, 3.63) is 39.7 Å². The van der Waals surface area contributed by atoms with Gasteiger partial charge in [0.2, 0.25) is 0 Å². The Morgan fingerprint density at radius 3 is 2.55 bits per heavy atom. The van der Waals surface area contributed by atoms with Gasteiger partial charge in [0.25, 0.3) is 0 Å². The minimum Gasteiger partial charge on any atom is -0.444 e. The topological polar surface area (TPSA) is 94.8 Å². The number of hydrogen-bond acceptors (Lipinski definition) is 7. The fourth-order valence-electron chi connectivity index (χ4n) is 3.13. The van der Waals surface area contributed by atoms with E-state index in [-0.39, 0.29) is 0 Å². The average molecular weight is 450 g/mol. The standard InChI is InChI=1S/C23H31NO6S/c1-7-8-15-13-19(25)28-17-11-14(2)12-18(20(15)17)29-21(26)16(9-10-31-6)24-22(27)30-23(3,4)5/h11-13,16H,7-10H2,1-6H3,(H,24,27)/t16-/m0/s1. The Morgan fingerprint density at radius 2 is 1.94 bits per heavy atom.